The van der Waals surface area contributed by atoms with Crippen molar-refractivity contribution in [2.45, 2.75) is 26.4 Å². The van der Waals surface area contributed by atoms with E-state index in [1.807, 2.05) is 31.2 Å². The number of amides is 2. The lowest BCUT2D eigenvalue weighted by molar-refractivity contribution is -0.132. The maximum atomic E-state index is 13.5. The van der Waals surface area contributed by atoms with Gasteiger partial charge in [-0.15, -0.1) is 0 Å². The number of oxime groups is 1. The van der Waals surface area contributed by atoms with Crippen molar-refractivity contribution in [3.8, 4) is 5.75 Å². The first-order valence-corrected chi connectivity index (χ1v) is 10.9. The Bertz CT molecular complexity index is 1170. The summed E-state index contributed by atoms with van der Waals surface area (Å²) in [5, 5.41) is 4.39. The van der Waals surface area contributed by atoms with Gasteiger partial charge in [-0.1, -0.05) is 35.0 Å². The number of benzene rings is 2. The van der Waals surface area contributed by atoms with Gasteiger partial charge in [0.25, 0.3) is 0 Å². The highest BCUT2D eigenvalue weighted by Crippen LogP contribution is 2.62. The first-order valence-electron chi connectivity index (χ1n) is 10.9. The van der Waals surface area contributed by atoms with Gasteiger partial charge in [0.1, 0.15) is 11.9 Å². The van der Waals surface area contributed by atoms with E-state index in [1.54, 1.807) is 24.3 Å². The largest absolute Gasteiger partial charge is 0.427 e. The molecule has 2 aliphatic carbocycles. The fraction of sp³-hybridized carbons (Fsp3) is 0.360. The molecule has 7 nitrogen and oxygen atoms in total. The maximum absolute atomic E-state index is 13.5. The molecule has 1 saturated heterocycles. The van der Waals surface area contributed by atoms with Crippen LogP contribution in [-0.2, 0) is 19.2 Å². The van der Waals surface area contributed by atoms with Gasteiger partial charge in [-0.2, -0.15) is 0 Å². The molecule has 0 aromatic heterocycles. The lowest BCUT2D eigenvalue weighted by Gasteiger charge is -2.29. The number of carbonyl (C=O) groups excluding carboxylic acids is 3. The minimum atomic E-state index is -0.422. The Kier molecular flexibility index (Phi) is 4.06. The number of fused-ring (bicyclic) bond motifs is 8. The van der Waals surface area contributed by atoms with Crippen LogP contribution in [0, 0.1) is 36.5 Å². The molecule has 0 spiro atoms. The summed E-state index contributed by atoms with van der Waals surface area (Å²) >= 11 is 0. The van der Waals surface area contributed by atoms with Crippen LogP contribution in [0.3, 0.4) is 0 Å². The number of ether oxygens (including phenoxy) is 1. The monoisotopic (exact) mass is 430 g/mol. The molecule has 162 valence electrons. The van der Waals surface area contributed by atoms with Crippen LogP contribution in [0.15, 0.2) is 53.7 Å². The number of hydrogen-bond acceptors (Lipinski definition) is 6. The van der Waals surface area contributed by atoms with Crippen molar-refractivity contribution >= 4 is 29.2 Å². The smallest absolute Gasteiger partial charge is 0.308 e. The predicted octanol–water partition coefficient (Wildman–Crippen LogP) is 3.09. The van der Waals surface area contributed by atoms with E-state index < -0.39 is 5.97 Å². The molecule has 2 aromatic rings. The van der Waals surface area contributed by atoms with E-state index in [2.05, 4.69) is 5.16 Å². The summed E-state index contributed by atoms with van der Waals surface area (Å²) in [6.45, 7) is 3.36. The Balaban J connectivity index is 1.29. The average Bonchev–Trinajstić information content (AvgIpc) is 3.50. The van der Waals surface area contributed by atoms with Gasteiger partial charge in [-0.05, 0) is 49.1 Å². The highest BCUT2D eigenvalue weighted by atomic mass is 16.6. The second-order valence-corrected chi connectivity index (χ2v) is 9.15. The van der Waals surface area contributed by atoms with Crippen molar-refractivity contribution in [3.05, 3.63) is 59.7 Å². The highest BCUT2D eigenvalue weighted by Gasteiger charge is 2.70. The molecule has 32 heavy (non-hydrogen) atoms. The van der Waals surface area contributed by atoms with Crippen LogP contribution in [0.25, 0.3) is 0 Å². The highest BCUT2D eigenvalue weighted by molar-refractivity contribution is 6.23. The molecule has 2 aromatic carbocycles. The van der Waals surface area contributed by atoms with Crippen molar-refractivity contribution in [2.75, 3.05) is 4.90 Å². The Hall–Kier alpha value is -3.48. The van der Waals surface area contributed by atoms with Crippen molar-refractivity contribution in [1.29, 1.82) is 0 Å². The molecule has 4 aliphatic rings. The lowest BCUT2D eigenvalue weighted by atomic mass is 9.71. The topological polar surface area (TPSA) is 85.3 Å². The van der Waals surface area contributed by atoms with E-state index in [4.69, 9.17) is 9.57 Å². The lowest BCUT2D eigenvalue weighted by Crippen LogP contribution is -2.41. The number of hydrogen-bond donors (Lipinski definition) is 0. The molecule has 6 rings (SSSR count). The second kappa shape index (κ2) is 6.76. The molecule has 7 heteroatoms. The number of rotatable bonds is 3. The van der Waals surface area contributed by atoms with E-state index in [0.717, 1.165) is 17.7 Å². The summed E-state index contributed by atoms with van der Waals surface area (Å²) in [7, 11) is 0. The number of aryl methyl sites for hydroxylation is 1. The first-order chi connectivity index (χ1) is 15.4. The van der Waals surface area contributed by atoms with Crippen LogP contribution in [0.1, 0.15) is 24.5 Å². The third-order valence-corrected chi connectivity index (χ3v) is 7.39. The fourth-order valence-corrected chi connectivity index (χ4v) is 6.17. The van der Waals surface area contributed by atoms with E-state index in [9.17, 15) is 14.4 Å². The zero-order valence-electron chi connectivity index (χ0n) is 17.7. The van der Waals surface area contributed by atoms with Crippen LogP contribution in [0.2, 0.25) is 0 Å². The van der Waals surface area contributed by atoms with Crippen LogP contribution in [0.4, 0.5) is 5.69 Å². The zero-order chi connectivity index (χ0) is 22.1. The normalized spacial score (nSPS) is 31.9. The molecule has 0 N–H and O–H groups in total. The Labute approximate surface area is 185 Å². The van der Waals surface area contributed by atoms with Gasteiger partial charge in [0, 0.05) is 18.8 Å². The van der Waals surface area contributed by atoms with E-state index in [-0.39, 0.29) is 47.5 Å². The number of carbonyl (C=O) groups is 3. The van der Waals surface area contributed by atoms with Crippen LogP contribution in [0.5, 0.6) is 5.75 Å². The minimum Gasteiger partial charge on any atom is -0.427 e. The summed E-state index contributed by atoms with van der Waals surface area (Å²) in [5.74, 6) is -1.01. The second-order valence-electron chi connectivity index (χ2n) is 9.15. The maximum Gasteiger partial charge on any atom is 0.308 e. The average molecular weight is 430 g/mol. The molecule has 6 atom stereocenters. The van der Waals surface area contributed by atoms with Gasteiger partial charge < -0.3 is 9.57 Å². The number of nitrogens with zero attached hydrogens (tertiary/aromatic N) is 2. The van der Waals surface area contributed by atoms with E-state index >= 15 is 0 Å². The Morgan fingerprint density at radius 2 is 1.62 bits per heavy atom. The van der Waals surface area contributed by atoms with Crippen LogP contribution >= 0.6 is 0 Å². The molecule has 2 heterocycles. The van der Waals surface area contributed by atoms with Crippen LogP contribution < -0.4 is 9.64 Å². The molecule has 2 aliphatic heterocycles. The van der Waals surface area contributed by atoms with Gasteiger partial charge in [-0.25, -0.2) is 0 Å². The quantitative estimate of drug-likeness (QED) is 0.424. The fourth-order valence-electron chi connectivity index (χ4n) is 6.17. The summed E-state index contributed by atoms with van der Waals surface area (Å²) in [6.07, 6.45) is 0.660. The number of anilines is 1. The molecule has 2 bridgehead atoms. The SMILES string of the molecule is CC(=O)Oc1ccc(N2C(=O)[C@@H]3[C@H]4C[C@@H]([C@H]5C(c6ccc(C)cc6)=NO[C@@H]45)[C@H]3C2=O)cc1. The van der Waals surface area contributed by atoms with Crippen molar-refractivity contribution < 1.29 is 24.0 Å². The zero-order valence-corrected chi connectivity index (χ0v) is 17.7. The predicted molar refractivity (Wildman–Crippen MR) is 115 cm³/mol. The van der Waals surface area contributed by atoms with Crippen molar-refractivity contribution in [2.24, 2.45) is 34.7 Å². The number of esters is 1. The summed E-state index contributed by atoms with van der Waals surface area (Å²) in [5.41, 5.74) is 3.58. The molecular formula is C25H22N2O5. The Morgan fingerprint density at radius 3 is 2.28 bits per heavy atom. The standard InChI is InChI=1S/C25H22N2O5/c1-12-3-5-14(6-4-12)22-21-17-11-18(23(21)32-26-22)20-19(17)24(29)27(25(20)30)15-7-9-16(10-8-15)31-13(2)28/h3-10,17-21,23H,11H2,1-2H3/t17-,18-,19-,20-,21+,23+/m1/s1. The molecule has 2 amide bonds. The number of imide groups is 1. The molecule has 2 saturated carbocycles. The summed E-state index contributed by atoms with van der Waals surface area (Å²) in [4.78, 5) is 45.1. The van der Waals surface area contributed by atoms with Crippen LogP contribution in [-0.4, -0.2) is 29.6 Å². The van der Waals surface area contributed by atoms with E-state index in [1.165, 1.54) is 17.4 Å². The molecule has 3 fully saturated rings. The van der Waals surface area contributed by atoms with Gasteiger partial charge in [0.2, 0.25) is 11.8 Å². The summed E-state index contributed by atoms with van der Waals surface area (Å²) in [6, 6.07) is 14.7. The molecule has 0 unspecified atom stereocenters. The molecular weight excluding hydrogens is 408 g/mol. The van der Waals surface area contributed by atoms with Gasteiger partial charge >= 0.3 is 5.97 Å². The van der Waals surface area contributed by atoms with Gasteiger partial charge in [0.05, 0.1) is 23.2 Å². The van der Waals surface area contributed by atoms with Gasteiger partial charge in [0.15, 0.2) is 0 Å². The third kappa shape index (κ3) is 2.60. The molecule has 0 radical (unpaired) electrons. The summed E-state index contributed by atoms with van der Waals surface area (Å²) < 4.78 is 5.06. The Morgan fingerprint density at radius 1 is 0.969 bits per heavy atom. The minimum absolute atomic E-state index is 0.0107. The van der Waals surface area contributed by atoms with Gasteiger partial charge in [-0.3, -0.25) is 19.3 Å². The van der Waals surface area contributed by atoms with E-state index in [0.29, 0.717) is 11.4 Å². The van der Waals surface area contributed by atoms with Crippen molar-refractivity contribution in [1.82, 2.24) is 0 Å². The van der Waals surface area contributed by atoms with Crippen molar-refractivity contribution in [3.63, 3.8) is 0 Å². The third-order valence-electron chi connectivity index (χ3n) is 7.39. The first kappa shape index (κ1) is 19.2.